The Labute approximate surface area is 112 Å². The molecular weight excluding hydrogens is 248 g/mol. The van der Waals surface area contributed by atoms with Crippen LogP contribution >= 0.6 is 11.8 Å². The minimum Gasteiger partial charge on any atom is -0.495 e. The Morgan fingerprint density at radius 2 is 2.22 bits per heavy atom. The molecule has 0 aromatic heterocycles. The molecule has 1 aromatic rings. The fourth-order valence-corrected chi connectivity index (χ4v) is 2.31. The smallest absolute Gasteiger partial charge is 0.254 e. The summed E-state index contributed by atoms with van der Waals surface area (Å²) in [6, 6.07) is 5.29. The topological polar surface area (TPSA) is 55.6 Å². The van der Waals surface area contributed by atoms with Crippen LogP contribution < -0.4 is 10.5 Å². The number of hydrogen-bond donors (Lipinski definition) is 1. The molecule has 1 aromatic carbocycles. The van der Waals surface area contributed by atoms with E-state index in [4.69, 9.17) is 10.5 Å². The van der Waals surface area contributed by atoms with E-state index in [1.807, 2.05) is 20.2 Å². The number of carbonyl (C=O) groups excluding carboxylic acids is 1. The second-order valence-electron chi connectivity index (χ2n) is 4.18. The predicted molar refractivity (Wildman–Crippen MR) is 77.3 cm³/mol. The second-order valence-corrected chi connectivity index (χ2v) is 5.09. The van der Waals surface area contributed by atoms with Crippen LogP contribution in [0.4, 0.5) is 5.69 Å². The van der Waals surface area contributed by atoms with Gasteiger partial charge in [0.05, 0.1) is 12.8 Å². The Morgan fingerprint density at radius 1 is 1.56 bits per heavy atom. The molecule has 0 fully saturated rings. The first-order valence-electron chi connectivity index (χ1n) is 5.70. The number of nitrogen functional groups attached to an aromatic ring is 1. The Balaban J connectivity index is 2.90. The molecule has 100 valence electrons. The van der Waals surface area contributed by atoms with Crippen molar-refractivity contribution in [3.05, 3.63) is 23.8 Å². The maximum Gasteiger partial charge on any atom is 0.254 e. The Morgan fingerprint density at radius 3 is 2.78 bits per heavy atom. The summed E-state index contributed by atoms with van der Waals surface area (Å²) in [6.07, 6.45) is 2.03. The zero-order chi connectivity index (χ0) is 13.7. The normalized spacial score (nSPS) is 12.0. The van der Waals surface area contributed by atoms with E-state index in [-0.39, 0.29) is 11.9 Å². The fraction of sp³-hybridized carbons (Fsp3) is 0.462. The van der Waals surface area contributed by atoms with Crippen molar-refractivity contribution in [2.24, 2.45) is 0 Å². The summed E-state index contributed by atoms with van der Waals surface area (Å²) in [7, 11) is 3.35. The van der Waals surface area contributed by atoms with Crippen molar-refractivity contribution in [3.63, 3.8) is 0 Å². The molecule has 0 spiro atoms. The van der Waals surface area contributed by atoms with Gasteiger partial charge >= 0.3 is 0 Å². The molecular formula is C13H20N2O2S. The third-order valence-corrected chi connectivity index (χ3v) is 3.69. The van der Waals surface area contributed by atoms with Crippen LogP contribution in [-0.2, 0) is 0 Å². The highest BCUT2D eigenvalue weighted by Gasteiger charge is 2.18. The van der Waals surface area contributed by atoms with E-state index in [2.05, 4.69) is 0 Å². The van der Waals surface area contributed by atoms with Crippen LogP contribution in [0.15, 0.2) is 18.2 Å². The van der Waals surface area contributed by atoms with Gasteiger partial charge in [-0.1, -0.05) is 0 Å². The van der Waals surface area contributed by atoms with Crippen molar-refractivity contribution in [1.82, 2.24) is 4.90 Å². The van der Waals surface area contributed by atoms with Crippen LogP contribution in [0, 0.1) is 0 Å². The van der Waals surface area contributed by atoms with E-state index in [9.17, 15) is 4.79 Å². The molecule has 5 heteroatoms. The van der Waals surface area contributed by atoms with E-state index >= 15 is 0 Å². The van der Waals surface area contributed by atoms with Gasteiger partial charge in [-0.3, -0.25) is 4.79 Å². The van der Waals surface area contributed by atoms with Gasteiger partial charge in [-0.05, 0) is 31.4 Å². The van der Waals surface area contributed by atoms with Crippen molar-refractivity contribution in [2.45, 2.75) is 13.0 Å². The van der Waals surface area contributed by atoms with Gasteiger partial charge in [0, 0.05) is 24.4 Å². The molecule has 0 heterocycles. The third kappa shape index (κ3) is 3.32. The lowest BCUT2D eigenvalue weighted by atomic mass is 10.1. The van der Waals surface area contributed by atoms with E-state index in [0.717, 1.165) is 5.75 Å². The van der Waals surface area contributed by atoms with Gasteiger partial charge in [-0.25, -0.2) is 0 Å². The molecule has 1 amide bonds. The molecule has 0 aliphatic carbocycles. The minimum atomic E-state index is -0.0187. The van der Waals surface area contributed by atoms with E-state index in [0.29, 0.717) is 17.0 Å². The van der Waals surface area contributed by atoms with E-state index < -0.39 is 0 Å². The highest BCUT2D eigenvalue weighted by molar-refractivity contribution is 7.98. The first kappa shape index (κ1) is 14.7. The molecule has 0 radical (unpaired) electrons. The average Bonchev–Trinajstić information content (AvgIpc) is 2.38. The van der Waals surface area contributed by atoms with Gasteiger partial charge in [0.1, 0.15) is 5.75 Å². The molecule has 0 aliphatic heterocycles. The second kappa shape index (κ2) is 6.54. The first-order chi connectivity index (χ1) is 8.51. The van der Waals surface area contributed by atoms with Gasteiger partial charge in [0.15, 0.2) is 0 Å². The van der Waals surface area contributed by atoms with Crippen molar-refractivity contribution in [2.75, 3.05) is 31.9 Å². The number of thioether (sulfide) groups is 1. The zero-order valence-corrected chi connectivity index (χ0v) is 12.1. The molecule has 18 heavy (non-hydrogen) atoms. The molecule has 0 bridgehead atoms. The van der Waals surface area contributed by atoms with Crippen LogP contribution in [0.1, 0.15) is 17.3 Å². The third-order valence-electron chi connectivity index (χ3n) is 2.87. The van der Waals surface area contributed by atoms with Crippen molar-refractivity contribution < 1.29 is 9.53 Å². The molecule has 2 N–H and O–H groups in total. The Kier molecular flexibility index (Phi) is 5.34. The summed E-state index contributed by atoms with van der Waals surface area (Å²) in [6.45, 7) is 2.03. The summed E-state index contributed by atoms with van der Waals surface area (Å²) in [4.78, 5) is 14.0. The van der Waals surface area contributed by atoms with Gasteiger partial charge in [-0.15, -0.1) is 0 Å². The molecule has 1 atom stereocenters. The number of nitrogens with zero attached hydrogens (tertiary/aromatic N) is 1. The molecule has 0 saturated heterocycles. The number of amides is 1. The number of anilines is 1. The number of ether oxygens (including phenoxy) is 1. The van der Waals surface area contributed by atoms with Crippen LogP contribution in [0.2, 0.25) is 0 Å². The van der Waals surface area contributed by atoms with Crippen molar-refractivity contribution in [1.29, 1.82) is 0 Å². The number of rotatable bonds is 5. The lowest BCUT2D eigenvalue weighted by molar-refractivity contribution is 0.0757. The number of carbonyl (C=O) groups is 1. The van der Waals surface area contributed by atoms with Crippen molar-refractivity contribution >= 4 is 23.4 Å². The summed E-state index contributed by atoms with van der Waals surface area (Å²) in [5, 5.41) is 0. The van der Waals surface area contributed by atoms with Gasteiger partial charge in [-0.2, -0.15) is 11.8 Å². The first-order valence-corrected chi connectivity index (χ1v) is 7.10. The van der Waals surface area contributed by atoms with Crippen LogP contribution in [0.3, 0.4) is 0 Å². The number of nitrogens with two attached hydrogens (primary N) is 1. The Bertz CT molecular complexity index is 423. The number of hydrogen-bond acceptors (Lipinski definition) is 4. The molecule has 0 saturated carbocycles. The lowest BCUT2D eigenvalue weighted by Crippen LogP contribution is -2.36. The minimum absolute atomic E-state index is 0.0187. The highest BCUT2D eigenvalue weighted by Crippen LogP contribution is 2.23. The summed E-state index contributed by atoms with van der Waals surface area (Å²) >= 11 is 1.72. The Hall–Kier alpha value is -1.36. The van der Waals surface area contributed by atoms with Crippen molar-refractivity contribution in [3.8, 4) is 5.75 Å². The summed E-state index contributed by atoms with van der Waals surface area (Å²) in [5.41, 5.74) is 6.86. The lowest BCUT2D eigenvalue weighted by Gasteiger charge is -2.24. The zero-order valence-electron chi connectivity index (χ0n) is 11.3. The molecule has 1 rings (SSSR count). The monoisotopic (exact) mass is 268 g/mol. The SMILES string of the molecule is COc1cc(C(=O)N(C)C(C)CSC)ccc1N. The molecule has 4 nitrogen and oxygen atoms in total. The highest BCUT2D eigenvalue weighted by atomic mass is 32.2. The van der Waals surface area contributed by atoms with Gasteiger partial charge in [0.2, 0.25) is 0 Å². The predicted octanol–water partition coefficient (Wildman–Crippen LogP) is 2.10. The molecule has 1 unspecified atom stereocenters. The number of methoxy groups -OCH3 is 1. The van der Waals surface area contributed by atoms with Crippen LogP contribution in [-0.4, -0.2) is 43.0 Å². The number of benzene rings is 1. The summed E-state index contributed by atoms with van der Waals surface area (Å²) in [5.74, 6) is 1.43. The largest absolute Gasteiger partial charge is 0.495 e. The quantitative estimate of drug-likeness (QED) is 0.831. The maximum absolute atomic E-state index is 12.3. The fourth-order valence-electron chi connectivity index (χ4n) is 1.60. The molecule has 0 aliphatic rings. The van der Waals surface area contributed by atoms with E-state index in [1.165, 1.54) is 0 Å². The average molecular weight is 268 g/mol. The maximum atomic E-state index is 12.3. The summed E-state index contributed by atoms with van der Waals surface area (Å²) < 4.78 is 5.12. The van der Waals surface area contributed by atoms with Gasteiger partial charge < -0.3 is 15.4 Å². The van der Waals surface area contributed by atoms with Crippen LogP contribution in [0.5, 0.6) is 5.75 Å². The van der Waals surface area contributed by atoms with Crippen LogP contribution in [0.25, 0.3) is 0 Å². The van der Waals surface area contributed by atoms with E-state index in [1.54, 1.807) is 42.0 Å². The van der Waals surface area contributed by atoms with Gasteiger partial charge in [0.25, 0.3) is 5.91 Å². The standard InChI is InChI=1S/C13H20N2O2S/c1-9(8-18-4)15(2)13(16)10-5-6-11(14)12(7-10)17-3/h5-7,9H,8,14H2,1-4H3.